The third-order valence-corrected chi connectivity index (χ3v) is 5.20. The number of hydrogen-bond donors (Lipinski definition) is 1. The minimum atomic E-state index is -0.528. The van der Waals surface area contributed by atoms with Crippen LogP contribution in [0.1, 0.15) is 61.0 Å². The number of methoxy groups -OCH3 is 1. The normalized spacial score (nSPS) is 28.4. The van der Waals surface area contributed by atoms with Crippen molar-refractivity contribution in [3.63, 3.8) is 0 Å². The Morgan fingerprint density at radius 2 is 1.65 bits per heavy atom. The first-order valence-electron chi connectivity index (χ1n) is 7.70. The van der Waals surface area contributed by atoms with E-state index in [0.29, 0.717) is 0 Å². The average molecular weight is 276 g/mol. The van der Waals surface area contributed by atoms with Crippen molar-refractivity contribution in [2.45, 2.75) is 65.1 Å². The molecule has 1 fully saturated rings. The van der Waals surface area contributed by atoms with Crippen molar-refractivity contribution in [2.24, 2.45) is 5.92 Å². The molecule has 1 aliphatic rings. The second-order valence-corrected chi connectivity index (χ2v) is 6.65. The van der Waals surface area contributed by atoms with Gasteiger partial charge < -0.3 is 9.84 Å². The van der Waals surface area contributed by atoms with Crippen LogP contribution in [0.5, 0.6) is 0 Å². The van der Waals surface area contributed by atoms with E-state index in [-0.39, 0.29) is 0 Å². The van der Waals surface area contributed by atoms with Crippen molar-refractivity contribution in [3.8, 4) is 0 Å². The Balaban J connectivity index is 2.33. The van der Waals surface area contributed by atoms with Crippen molar-refractivity contribution in [1.29, 1.82) is 0 Å². The molecule has 0 radical (unpaired) electrons. The molecule has 2 rings (SSSR count). The van der Waals surface area contributed by atoms with Crippen molar-refractivity contribution in [2.75, 3.05) is 7.11 Å². The molecule has 0 amide bonds. The first-order chi connectivity index (χ1) is 9.39. The Morgan fingerprint density at radius 3 is 2.20 bits per heavy atom. The van der Waals surface area contributed by atoms with Crippen molar-refractivity contribution in [3.05, 3.63) is 34.4 Å². The predicted molar refractivity (Wildman–Crippen MR) is 83.0 cm³/mol. The molecule has 20 heavy (non-hydrogen) atoms. The van der Waals surface area contributed by atoms with Crippen molar-refractivity contribution in [1.82, 2.24) is 0 Å². The number of rotatable bonds is 3. The Bertz CT molecular complexity index is 471. The van der Waals surface area contributed by atoms with Gasteiger partial charge in [0.2, 0.25) is 0 Å². The molecule has 1 aliphatic carbocycles. The number of hydrogen-bond acceptors (Lipinski definition) is 2. The van der Waals surface area contributed by atoms with Crippen LogP contribution in [0.2, 0.25) is 0 Å². The maximum Gasteiger partial charge on any atom is 0.108 e. The van der Waals surface area contributed by atoms with Crippen molar-refractivity contribution < 1.29 is 9.84 Å². The molecule has 2 heteroatoms. The van der Waals surface area contributed by atoms with Gasteiger partial charge in [0, 0.05) is 7.11 Å². The summed E-state index contributed by atoms with van der Waals surface area (Å²) >= 11 is 0. The highest BCUT2D eigenvalue weighted by molar-refractivity contribution is 5.38. The Labute approximate surface area is 123 Å². The monoisotopic (exact) mass is 276 g/mol. The second-order valence-electron chi connectivity index (χ2n) is 6.65. The smallest absolute Gasteiger partial charge is 0.108 e. The van der Waals surface area contributed by atoms with E-state index in [9.17, 15) is 5.11 Å². The van der Waals surface area contributed by atoms with Crippen LogP contribution >= 0.6 is 0 Å². The van der Waals surface area contributed by atoms with Crippen LogP contribution in [-0.4, -0.2) is 17.8 Å². The summed E-state index contributed by atoms with van der Waals surface area (Å²) in [6.07, 6.45) is 3.62. The lowest BCUT2D eigenvalue weighted by Gasteiger charge is -2.42. The molecule has 1 saturated carbocycles. The Hall–Kier alpha value is -0.860. The SMILES string of the molecule is COC1(C(O)c2cc(C)c(C)cc2C)CCC(C)CC1. The molecule has 0 saturated heterocycles. The lowest BCUT2D eigenvalue weighted by molar-refractivity contribution is -0.130. The molecule has 2 nitrogen and oxygen atoms in total. The summed E-state index contributed by atoms with van der Waals surface area (Å²) in [4.78, 5) is 0. The second kappa shape index (κ2) is 5.87. The van der Waals surface area contributed by atoms with Crippen LogP contribution in [0, 0.1) is 26.7 Å². The number of aliphatic hydroxyl groups is 1. The topological polar surface area (TPSA) is 29.5 Å². The maximum atomic E-state index is 11.0. The van der Waals surface area contributed by atoms with Crippen LogP contribution in [0.3, 0.4) is 0 Å². The summed E-state index contributed by atoms with van der Waals surface area (Å²) in [5.41, 5.74) is 4.31. The number of aryl methyl sites for hydroxylation is 3. The lowest BCUT2D eigenvalue weighted by Crippen LogP contribution is -2.42. The van der Waals surface area contributed by atoms with Crippen LogP contribution in [0.15, 0.2) is 12.1 Å². The molecule has 0 spiro atoms. The predicted octanol–water partition coefficient (Wildman–Crippen LogP) is 4.24. The summed E-state index contributed by atoms with van der Waals surface area (Å²) in [6, 6.07) is 4.30. The molecule has 1 N–H and O–H groups in total. The van der Waals surface area contributed by atoms with Crippen LogP contribution < -0.4 is 0 Å². The molecular weight excluding hydrogens is 248 g/mol. The van der Waals surface area contributed by atoms with E-state index >= 15 is 0 Å². The number of aliphatic hydroxyl groups excluding tert-OH is 1. The molecule has 112 valence electrons. The third-order valence-electron chi connectivity index (χ3n) is 5.20. The molecule has 0 bridgehead atoms. The van der Waals surface area contributed by atoms with Gasteiger partial charge in [-0.15, -0.1) is 0 Å². The zero-order valence-electron chi connectivity index (χ0n) is 13.5. The Morgan fingerprint density at radius 1 is 1.10 bits per heavy atom. The van der Waals surface area contributed by atoms with E-state index in [2.05, 4.69) is 39.8 Å². The van der Waals surface area contributed by atoms with Gasteiger partial charge in [0.25, 0.3) is 0 Å². The maximum absolute atomic E-state index is 11.0. The first kappa shape index (κ1) is 15.5. The molecule has 0 heterocycles. The highest BCUT2D eigenvalue weighted by Gasteiger charge is 2.42. The van der Waals surface area contributed by atoms with Crippen LogP contribution in [-0.2, 0) is 4.74 Å². The van der Waals surface area contributed by atoms with E-state index in [1.165, 1.54) is 11.1 Å². The quantitative estimate of drug-likeness (QED) is 0.894. The molecule has 0 aliphatic heterocycles. The van der Waals surface area contributed by atoms with Crippen molar-refractivity contribution >= 4 is 0 Å². The molecule has 1 atom stereocenters. The number of ether oxygens (including phenoxy) is 1. The minimum absolute atomic E-state index is 0.404. The highest BCUT2D eigenvalue weighted by atomic mass is 16.5. The van der Waals surface area contributed by atoms with Gasteiger partial charge in [0.1, 0.15) is 6.10 Å². The first-order valence-corrected chi connectivity index (χ1v) is 7.70. The average Bonchev–Trinajstić information content (AvgIpc) is 2.43. The van der Waals surface area contributed by atoms with E-state index in [1.54, 1.807) is 7.11 Å². The molecule has 1 aromatic rings. The van der Waals surface area contributed by atoms with Gasteiger partial charge in [-0.3, -0.25) is 0 Å². The van der Waals surface area contributed by atoms with Gasteiger partial charge >= 0.3 is 0 Å². The van der Waals surface area contributed by atoms with Gasteiger partial charge in [-0.1, -0.05) is 19.1 Å². The molecule has 0 aromatic heterocycles. The fraction of sp³-hybridized carbons (Fsp3) is 0.667. The molecular formula is C18H28O2. The van der Waals surface area contributed by atoms with Gasteiger partial charge in [-0.05, 0) is 74.6 Å². The zero-order valence-corrected chi connectivity index (χ0v) is 13.5. The summed E-state index contributed by atoms with van der Waals surface area (Å²) in [5, 5.41) is 11.0. The fourth-order valence-electron chi connectivity index (χ4n) is 3.40. The highest BCUT2D eigenvalue weighted by Crippen LogP contribution is 2.43. The van der Waals surface area contributed by atoms with Gasteiger partial charge in [-0.25, -0.2) is 0 Å². The van der Waals surface area contributed by atoms with E-state index in [1.807, 2.05) is 0 Å². The summed E-state index contributed by atoms with van der Waals surface area (Å²) < 4.78 is 5.82. The zero-order chi connectivity index (χ0) is 14.9. The van der Waals surface area contributed by atoms with Gasteiger partial charge in [0.15, 0.2) is 0 Å². The lowest BCUT2D eigenvalue weighted by atomic mass is 9.74. The van der Waals surface area contributed by atoms with E-state index in [0.717, 1.165) is 42.7 Å². The number of benzene rings is 1. The summed E-state index contributed by atoms with van der Waals surface area (Å²) in [5.74, 6) is 0.742. The summed E-state index contributed by atoms with van der Waals surface area (Å²) in [6.45, 7) is 8.59. The van der Waals surface area contributed by atoms with Gasteiger partial charge in [-0.2, -0.15) is 0 Å². The minimum Gasteiger partial charge on any atom is -0.385 e. The fourth-order valence-corrected chi connectivity index (χ4v) is 3.40. The van der Waals surface area contributed by atoms with Crippen LogP contribution in [0.25, 0.3) is 0 Å². The molecule has 1 unspecified atom stereocenters. The van der Waals surface area contributed by atoms with E-state index in [4.69, 9.17) is 4.74 Å². The van der Waals surface area contributed by atoms with Gasteiger partial charge in [0.05, 0.1) is 5.60 Å². The largest absolute Gasteiger partial charge is 0.385 e. The summed E-state index contributed by atoms with van der Waals surface area (Å²) in [7, 11) is 1.75. The third kappa shape index (κ3) is 2.77. The Kier molecular flexibility index (Phi) is 4.55. The standard InChI is InChI=1S/C18H28O2/c1-12-6-8-18(20-5,9-7-12)17(19)16-11-14(3)13(2)10-15(16)4/h10-12,17,19H,6-9H2,1-5H3. The van der Waals surface area contributed by atoms with E-state index < -0.39 is 11.7 Å². The molecule has 1 aromatic carbocycles. The van der Waals surface area contributed by atoms with Crippen LogP contribution in [0.4, 0.5) is 0 Å².